The summed E-state index contributed by atoms with van der Waals surface area (Å²) in [6.07, 6.45) is 0.852. The van der Waals surface area contributed by atoms with Gasteiger partial charge in [-0.15, -0.1) is 0 Å². The number of methoxy groups -OCH3 is 1. The molecule has 1 aliphatic heterocycles. The van der Waals surface area contributed by atoms with Crippen LogP contribution in [0.15, 0.2) is 11.6 Å². The molecule has 0 N–H and O–H groups in total. The average Bonchev–Trinajstić information content (AvgIpc) is 2.30. The lowest BCUT2D eigenvalue weighted by atomic mass is 10.3. The Kier molecular flexibility index (Phi) is 1.82. The number of cyclic esters (lactones) is 1. The summed E-state index contributed by atoms with van der Waals surface area (Å²) in [4.78, 5) is 20.6. The summed E-state index contributed by atoms with van der Waals surface area (Å²) in [7, 11) is 1.36. The Bertz CT molecular complexity index is 194. The number of aldehydes is 1. The van der Waals surface area contributed by atoms with Gasteiger partial charge in [0.1, 0.15) is 0 Å². The van der Waals surface area contributed by atoms with Crippen molar-refractivity contribution in [3.63, 3.8) is 0 Å². The average molecular weight is 142 g/mol. The smallest absolute Gasteiger partial charge is 0.333 e. The van der Waals surface area contributed by atoms with Gasteiger partial charge in [0.2, 0.25) is 6.29 Å². The molecule has 1 aliphatic rings. The van der Waals surface area contributed by atoms with Gasteiger partial charge in [0.25, 0.3) is 0 Å². The van der Waals surface area contributed by atoms with Crippen LogP contribution < -0.4 is 0 Å². The van der Waals surface area contributed by atoms with E-state index in [1.165, 1.54) is 7.11 Å². The maximum absolute atomic E-state index is 10.4. The zero-order valence-electron chi connectivity index (χ0n) is 5.37. The van der Waals surface area contributed by atoms with Crippen LogP contribution in [0, 0.1) is 0 Å². The number of hydrogen-bond acceptors (Lipinski definition) is 4. The topological polar surface area (TPSA) is 52.6 Å². The van der Waals surface area contributed by atoms with Gasteiger partial charge in [-0.1, -0.05) is 0 Å². The van der Waals surface area contributed by atoms with Gasteiger partial charge in [0.15, 0.2) is 6.29 Å². The maximum Gasteiger partial charge on any atom is 0.333 e. The molecule has 0 aromatic heterocycles. The van der Waals surface area contributed by atoms with E-state index in [1.54, 1.807) is 0 Å². The first-order valence-corrected chi connectivity index (χ1v) is 2.68. The van der Waals surface area contributed by atoms with Crippen LogP contribution >= 0.6 is 0 Å². The molecule has 1 rings (SSSR count). The lowest BCUT2D eigenvalue weighted by Crippen LogP contribution is -2.14. The van der Waals surface area contributed by atoms with Crippen molar-refractivity contribution in [3.8, 4) is 0 Å². The van der Waals surface area contributed by atoms with Gasteiger partial charge in [-0.25, -0.2) is 4.79 Å². The van der Waals surface area contributed by atoms with Gasteiger partial charge in [-0.3, -0.25) is 4.79 Å². The predicted octanol–water partition coefficient (Wildman–Crippen LogP) is -0.359. The second-order valence-electron chi connectivity index (χ2n) is 1.77. The highest BCUT2D eigenvalue weighted by molar-refractivity contribution is 5.93. The lowest BCUT2D eigenvalue weighted by molar-refractivity contribution is -0.155. The monoisotopic (exact) mass is 142 g/mol. The van der Waals surface area contributed by atoms with E-state index in [-0.39, 0.29) is 5.57 Å². The number of hydrogen-bond donors (Lipinski definition) is 0. The third kappa shape index (κ3) is 1.06. The minimum absolute atomic E-state index is 0.229. The van der Waals surface area contributed by atoms with E-state index in [9.17, 15) is 9.59 Å². The fraction of sp³-hybridized carbons (Fsp3) is 0.333. The molecule has 1 atom stereocenters. The molecule has 0 bridgehead atoms. The molecule has 1 heterocycles. The molecule has 4 nitrogen and oxygen atoms in total. The van der Waals surface area contributed by atoms with Crippen molar-refractivity contribution in [2.24, 2.45) is 0 Å². The summed E-state index contributed by atoms with van der Waals surface area (Å²) >= 11 is 0. The van der Waals surface area contributed by atoms with Gasteiger partial charge < -0.3 is 9.47 Å². The van der Waals surface area contributed by atoms with Crippen LogP contribution in [-0.2, 0) is 19.1 Å². The zero-order valence-corrected chi connectivity index (χ0v) is 5.37. The minimum Gasteiger partial charge on any atom is -0.428 e. The first kappa shape index (κ1) is 6.95. The number of carbonyl (C=O) groups is 2. The summed E-state index contributed by atoms with van der Waals surface area (Å²) in [5.74, 6) is -0.533. The van der Waals surface area contributed by atoms with Gasteiger partial charge in [-0.05, 0) is 0 Å². The highest BCUT2D eigenvalue weighted by Gasteiger charge is 2.24. The molecule has 0 amide bonds. The molecule has 10 heavy (non-hydrogen) atoms. The summed E-state index contributed by atoms with van der Waals surface area (Å²) < 4.78 is 9.17. The highest BCUT2D eigenvalue weighted by Crippen LogP contribution is 2.12. The summed E-state index contributed by atoms with van der Waals surface area (Å²) in [5, 5.41) is 0. The van der Waals surface area contributed by atoms with Crippen LogP contribution in [0.4, 0.5) is 0 Å². The van der Waals surface area contributed by atoms with E-state index in [4.69, 9.17) is 0 Å². The van der Waals surface area contributed by atoms with Crippen LogP contribution in [-0.4, -0.2) is 25.7 Å². The van der Waals surface area contributed by atoms with Gasteiger partial charge in [0.05, 0.1) is 5.57 Å². The van der Waals surface area contributed by atoms with Gasteiger partial charge in [0, 0.05) is 13.2 Å². The van der Waals surface area contributed by atoms with Crippen molar-refractivity contribution in [3.05, 3.63) is 11.6 Å². The van der Waals surface area contributed by atoms with E-state index >= 15 is 0 Å². The second-order valence-corrected chi connectivity index (χ2v) is 1.77. The first-order valence-electron chi connectivity index (χ1n) is 2.68. The van der Waals surface area contributed by atoms with E-state index < -0.39 is 12.3 Å². The Morgan fingerprint density at radius 2 is 2.50 bits per heavy atom. The SMILES string of the molecule is COC1OC(=O)C=C1C=O. The van der Waals surface area contributed by atoms with Crippen LogP contribution in [0.3, 0.4) is 0 Å². The third-order valence-corrected chi connectivity index (χ3v) is 1.13. The van der Waals surface area contributed by atoms with Gasteiger partial charge >= 0.3 is 5.97 Å². The van der Waals surface area contributed by atoms with E-state index in [2.05, 4.69) is 9.47 Å². The van der Waals surface area contributed by atoms with Crippen LogP contribution in [0.5, 0.6) is 0 Å². The predicted molar refractivity (Wildman–Crippen MR) is 31.0 cm³/mol. The maximum atomic E-state index is 10.4. The number of carbonyl (C=O) groups excluding carboxylic acids is 2. The molecule has 0 aromatic rings. The minimum atomic E-state index is -0.801. The van der Waals surface area contributed by atoms with Crippen molar-refractivity contribution in [1.82, 2.24) is 0 Å². The Hall–Kier alpha value is -1.16. The molecule has 0 saturated carbocycles. The van der Waals surface area contributed by atoms with Crippen molar-refractivity contribution in [2.75, 3.05) is 7.11 Å². The van der Waals surface area contributed by atoms with Crippen LogP contribution in [0.25, 0.3) is 0 Å². The number of esters is 1. The van der Waals surface area contributed by atoms with Crippen LogP contribution in [0.1, 0.15) is 0 Å². The molecule has 4 heteroatoms. The molecule has 0 saturated heterocycles. The molecular formula is C6H6O4. The fourth-order valence-corrected chi connectivity index (χ4v) is 0.685. The Morgan fingerprint density at radius 3 is 2.90 bits per heavy atom. The molecule has 1 unspecified atom stereocenters. The van der Waals surface area contributed by atoms with Crippen molar-refractivity contribution >= 4 is 12.3 Å². The molecule has 0 aliphatic carbocycles. The van der Waals surface area contributed by atoms with Crippen molar-refractivity contribution in [2.45, 2.75) is 6.29 Å². The lowest BCUT2D eigenvalue weighted by Gasteiger charge is -2.06. The summed E-state index contributed by atoms with van der Waals surface area (Å²) in [6.45, 7) is 0. The largest absolute Gasteiger partial charge is 0.428 e. The van der Waals surface area contributed by atoms with Crippen molar-refractivity contribution < 1.29 is 19.1 Å². The number of ether oxygens (including phenoxy) is 2. The molecule has 0 aromatic carbocycles. The van der Waals surface area contributed by atoms with Gasteiger partial charge in [-0.2, -0.15) is 0 Å². The van der Waals surface area contributed by atoms with E-state index in [0.29, 0.717) is 6.29 Å². The second kappa shape index (κ2) is 2.62. The zero-order chi connectivity index (χ0) is 7.56. The summed E-state index contributed by atoms with van der Waals surface area (Å²) in [5.41, 5.74) is 0.229. The Morgan fingerprint density at radius 1 is 1.80 bits per heavy atom. The van der Waals surface area contributed by atoms with E-state index in [0.717, 1.165) is 6.08 Å². The fourth-order valence-electron chi connectivity index (χ4n) is 0.685. The Balaban J connectivity index is 2.74. The third-order valence-electron chi connectivity index (χ3n) is 1.13. The molecule has 0 radical (unpaired) electrons. The van der Waals surface area contributed by atoms with E-state index in [1.807, 2.05) is 0 Å². The number of rotatable bonds is 2. The summed E-state index contributed by atoms with van der Waals surface area (Å²) in [6, 6.07) is 0. The molecular weight excluding hydrogens is 136 g/mol. The highest BCUT2D eigenvalue weighted by atomic mass is 16.7. The van der Waals surface area contributed by atoms with Crippen molar-refractivity contribution in [1.29, 1.82) is 0 Å². The first-order chi connectivity index (χ1) is 4.77. The molecule has 0 spiro atoms. The molecule has 0 fully saturated rings. The quantitative estimate of drug-likeness (QED) is 0.390. The van der Waals surface area contributed by atoms with Crippen LogP contribution in [0.2, 0.25) is 0 Å². The normalized spacial score (nSPS) is 23.9. The Labute approximate surface area is 57.4 Å². The standard InChI is InChI=1S/C6H6O4/c1-9-6-4(3-7)2-5(8)10-6/h2-3,6H,1H3. The molecule has 54 valence electrons.